The predicted octanol–water partition coefficient (Wildman–Crippen LogP) is 1.93. The third-order valence-electron chi connectivity index (χ3n) is 1.57. The Bertz CT molecular complexity index is 83.6. The van der Waals surface area contributed by atoms with Gasteiger partial charge in [0.15, 0.2) is 0 Å². The number of nitrogens with two attached hydrogens (primary N) is 1. The molecule has 0 heterocycles. The van der Waals surface area contributed by atoms with Crippen molar-refractivity contribution in [3.8, 4) is 0 Å². The van der Waals surface area contributed by atoms with Crippen molar-refractivity contribution in [3.05, 3.63) is 0 Å². The zero-order valence-electron chi connectivity index (χ0n) is 7.97. The summed E-state index contributed by atoms with van der Waals surface area (Å²) < 4.78 is 5.38. The highest BCUT2D eigenvalue weighted by Crippen LogP contribution is 1.99. The smallest absolute Gasteiger partial charge is 0.0620 e. The lowest BCUT2D eigenvalue weighted by molar-refractivity contribution is 0.0665. The number of hydrogen-bond acceptors (Lipinski definition) is 2. The second kappa shape index (κ2) is 6.62. The normalized spacial score (nSPS) is 13.9. The minimum atomic E-state index is 0.234. The standard InChI is InChI=1S/C9H21NO/c1-4-5-6-9(10)7-11-8(2)3/h8-9H,4-7,10H2,1-3H3. The molecule has 0 saturated heterocycles. The second-order valence-corrected chi connectivity index (χ2v) is 3.28. The van der Waals surface area contributed by atoms with Gasteiger partial charge in [-0.15, -0.1) is 0 Å². The van der Waals surface area contributed by atoms with Crippen LogP contribution in [0.1, 0.15) is 40.0 Å². The van der Waals surface area contributed by atoms with Crippen LogP contribution in [0.4, 0.5) is 0 Å². The van der Waals surface area contributed by atoms with E-state index in [-0.39, 0.29) is 6.04 Å². The van der Waals surface area contributed by atoms with Gasteiger partial charge in [-0.25, -0.2) is 0 Å². The summed E-state index contributed by atoms with van der Waals surface area (Å²) in [5.74, 6) is 0. The van der Waals surface area contributed by atoms with E-state index in [0.717, 1.165) is 6.42 Å². The first-order valence-corrected chi connectivity index (χ1v) is 4.54. The lowest BCUT2D eigenvalue weighted by Gasteiger charge is -2.13. The van der Waals surface area contributed by atoms with Crippen molar-refractivity contribution in [2.45, 2.75) is 52.2 Å². The topological polar surface area (TPSA) is 35.2 Å². The van der Waals surface area contributed by atoms with Gasteiger partial charge in [0.05, 0.1) is 12.7 Å². The van der Waals surface area contributed by atoms with Crippen LogP contribution >= 0.6 is 0 Å². The van der Waals surface area contributed by atoms with E-state index in [1.807, 2.05) is 13.8 Å². The summed E-state index contributed by atoms with van der Waals surface area (Å²) in [6, 6.07) is 0.234. The maximum Gasteiger partial charge on any atom is 0.0620 e. The van der Waals surface area contributed by atoms with Crippen LogP contribution in [0.15, 0.2) is 0 Å². The maximum absolute atomic E-state index is 5.78. The van der Waals surface area contributed by atoms with Gasteiger partial charge in [-0.1, -0.05) is 19.8 Å². The number of rotatable bonds is 6. The Kier molecular flexibility index (Phi) is 6.57. The van der Waals surface area contributed by atoms with Gasteiger partial charge in [-0.05, 0) is 20.3 Å². The van der Waals surface area contributed by atoms with Gasteiger partial charge in [0.25, 0.3) is 0 Å². The van der Waals surface area contributed by atoms with E-state index < -0.39 is 0 Å². The first kappa shape index (κ1) is 10.9. The summed E-state index contributed by atoms with van der Waals surface area (Å²) in [7, 11) is 0. The lowest BCUT2D eigenvalue weighted by Crippen LogP contribution is -2.27. The molecule has 0 saturated carbocycles. The summed E-state index contributed by atoms with van der Waals surface area (Å²) >= 11 is 0. The molecule has 2 N–H and O–H groups in total. The third kappa shape index (κ3) is 7.82. The minimum Gasteiger partial charge on any atom is -0.377 e. The molecule has 0 aliphatic rings. The SMILES string of the molecule is CCCCC(N)COC(C)C. The molecule has 0 fully saturated rings. The lowest BCUT2D eigenvalue weighted by atomic mass is 10.1. The van der Waals surface area contributed by atoms with E-state index >= 15 is 0 Å². The molecule has 0 aliphatic carbocycles. The van der Waals surface area contributed by atoms with Crippen LogP contribution < -0.4 is 5.73 Å². The number of hydrogen-bond donors (Lipinski definition) is 1. The van der Waals surface area contributed by atoms with Gasteiger partial charge in [0.2, 0.25) is 0 Å². The van der Waals surface area contributed by atoms with Crippen molar-refractivity contribution >= 4 is 0 Å². The molecule has 2 nitrogen and oxygen atoms in total. The molecule has 0 radical (unpaired) electrons. The molecule has 0 bridgehead atoms. The fourth-order valence-corrected chi connectivity index (χ4v) is 0.866. The first-order chi connectivity index (χ1) is 5.16. The maximum atomic E-state index is 5.78. The first-order valence-electron chi connectivity index (χ1n) is 4.54. The summed E-state index contributed by atoms with van der Waals surface area (Å²) in [6.07, 6.45) is 3.82. The highest BCUT2D eigenvalue weighted by molar-refractivity contribution is 4.59. The molecule has 1 unspecified atom stereocenters. The second-order valence-electron chi connectivity index (χ2n) is 3.28. The van der Waals surface area contributed by atoms with E-state index in [9.17, 15) is 0 Å². The van der Waals surface area contributed by atoms with Crippen LogP contribution in [0.3, 0.4) is 0 Å². The van der Waals surface area contributed by atoms with Gasteiger partial charge in [0.1, 0.15) is 0 Å². The van der Waals surface area contributed by atoms with E-state index in [2.05, 4.69) is 6.92 Å². The molecule has 11 heavy (non-hydrogen) atoms. The fraction of sp³-hybridized carbons (Fsp3) is 1.00. The Hall–Kier alpha value is -0.0800. The quantitative estimate of drug-likeness (QED) is 0.642. The zero-order chi connectivity index (χ0) is 8.69. The van der Waals surface area contributed by atoms with E-state index in [1.54, 1.807) is 0 Å². The molecule has 0 aromatic carbocycles. The average molecular weight is 159 g/mol. The van der Waals surface area contributed by atoms with E-state index in [4.69, 9.17) is 10.5 Å². The summed E-state index contributed by atoms with van der Waals surface area (Å²) in [6.45, 7) is 6.95. The van der Waals surface area contributed by atoms with Gasteiger partial charge < -0.3 is 10.5 Å². The van der Waals surface area contributed by atoms with Gasteiger partial charge in [-0.2, -0.15) is 0 Å². The Morgan fingerprint density at radius 3 is 2.45 bits per heavy atom. The number of unbranched alkanes of at least 4 members (excludes halogenated alkanes) is 1. The summed E-state index contributed by atoms with van der Waals surface area (Å²) in [4.78, 5) is 0. The molecule has 0 aromatic rings. The molecular formula is C9H21NO. The van der Waals surface area contributed by atoms with Crippen LogP contribution in [0.2, 0.25) is 0 Å². The fourth-order valence-electron chi connectivity index (χ4n) is 0.866. The summed E-state index contributed by atoms with van der Waals surface area (Å²) in [5, 5.41) is 0. The molecule has 68 valence electrons. The van der Waals surface area contributed by atoms with Crippen molar-refractivity contribution in [1.29, 1.82) is 0 Å². The zero-order valence-corrected chi connectivity index (χ0v) is 7.97. The summed E-state index contributed by atoms with van der Waals surface area (Å²) in [5.41, 5.74) is 5.78. The van der Waals surface area contributed by atoms with Crippen LogP contribution in [-0.2, 0) is 4.74 Å². The van der Waals surface area contributed by atoms with Crippen molar-refractivity contribution in [1.82, 2.24) is 0 Å². The molecule has 0 amide bonds. The van der Waals surface area contributed by atoms with E-state index in [0.29, 0.717) is 12.7 Å². The molecule has 0 aliphatic heterocycles. The molecular weight excluding hydrogens is 138 g/mol. The largest absolute Gasteiger partial charge is 0.377 e. The van der Waals surface area contributed by atoms with Crippen molar-refractivity contribution in [3.63, 3.8) is 0 Å². The number of ether oxygens (including phenoxy) is 1. The Morgan fingerprint density at radius 2 is 2.00 bits per heavy atom. The molecule has 0 rings (SSSR count). The van der Waals surface area contributed by atoms with Gasteiger partial charge in [0, 0.05) is 6.04 Å². The molecule has 0 spiro atoms. The monoisotopic (exact) mass is 159 g/mol. The van der Waals surface area contributed by atoms with Crippen LogP contribution in [0.25, 0.3) is 0 Å². The molecule has 2 heteroatoms. The van der Waals surface area contributed by atoms with Crippen LogP contribution in [0, 0.1) is 0 Å². The average Bonchev–Trinajstić information content (AvgIpc) is 1.97. The van der Waals surface area contributed by atoms with Crippen molar-refractivity contribution in [2.24, 2.45) is 5.73 Å². The predicted molar refractivity (Wildman–Crippen MR) is 48.6 cm³/mol. The van der Waals surface area contributed by atoms with Gasteiger partial charge in [-0.3, -0.25) is 0 Å². The van der Waals surface area contributed by atoms with Crippen molar-refractivity contribution < 1.29 is 4.74 Å². The Balaban J connectivity index is 3.15. The van der Waals surface area contributed by atoms with Gasteiger partial charge >= 0.3 is 0 Å². The Morgan fingerprint density at radius 1 is 1.36 bits per heavy atom. The Labute approximate surface area is 70.1 Å². The van der Waals surface area contributed by atoms with Crippen LogP contribution in [0.5, 0.6) is 0 Å². The van der Waals surface area contributed by atoms with Crippen LogP contribution in [-0.4, -0.2) is 18.8 Å². The minimum absolute atomic E-state index is 0.234. The third-order valence-corrected chi connectivity index (χ3v) is 1.57. The highest BCUT2D eigenvalue weighted by atomic mass is 16.5. The molecule has 0 aromatic heterocycles. The highest BCUT2D eigenvalue weighted by Gasteiger charge is 2.02. The molecule has 1 atom stereocenters. The van der Waals surface area contributed by atoms with Crippen molar-refractivity contribution in [2.75, 3.05) is 6.61 Å². The van der Waals surface area contributed by atoms with E-state index in [1.165, 1.54) is 12.8 Å².